The predicted octanol–water partition coefficient (Wildman–Crippen LogP) is 4.00. The Labute approximate surface area is 119 Å². The number of hydrogen-bond donors (Lipinski definition) is 1. The molecule has 0 aromatic carbocycles. The smallest absolute Gasteiger partial charge is 0.377 e. The molecular weight excluding hydrogens is 287 g/mol. The maximum absolute atomic E-state index is 12.7. The quantitative estimate of drug-likeness (QED) is 0.677. The van der Waals surface area contributed by atoms with Crippen LogP contribution in [0.2, 0.25) is 0 Å². The highest BCUT2D eigenvalue weighted by Crippen LogP contribution is 2.40. The van der Waals surface area contributed by atoms with Crippen molar-refractivity contribution in [1.82, 2.24) is 4.98 Å². The molecule has 1 saturated carbocycles. The highest BCUT2D eigenvalue weighted by Gasteiger charge is 2.36. The molecule has 0 bridgehead atoms. The SMILES string of the molecule is CC1(C)CCC(Nc2cc(C(F)(F)F)ncc2[N+](=O)[O-])C1. The minimum atomic E-state index is -4.62. The van der Waals surface area contributed by atoms with Gasteiger partial charge in [-0.1, -0.05) is 13.8 Å². The summed E-state index contributed by atoms with van der Waals surface area (Å²) in [5.74, 6) is 0. The van der Waals surface area contributed by atoms with Crippen molar-refractivity contribution in [1.29, 1.82) is 0 Å². The molecule has 116 valence electrons. The minimum absolute atomic E-state index is 0.0674. The van der Waals surface area contributed by atoms with E-state index in [9.17, 15) is 23.3 Å². The van der Waals surface area contributed by atoms with Gasteiger partial charge in [-0.2, -0.15) is 13.2 Å². The first-order valence-electron chi connectivity index (χ1n) is 6.57. The lowest BCUT2D eigenvalue weighted by Gasteiger charge is -2.19. The van der Waals surface area contributed by atoms with Gasteiger partial charge in [-0.3, -0.25) is 10.1 Å². The van der Waals surface area contributed by atoms with Gasteiger partial charge in [0.05, 0.1) is 4.92 Å². The topological polar surface area (TPSA) is 68.1 Å². The molecule has 1 aromatic rings. The molecule has 1 aliphatic rings. The van der Waals surface area contributed by atoms with Crippen LogP contribution in [0.1, 0.15) is 38.8 Å². The number of rotatable bonds is 3. The molecule has 1 aromatic heterocycles. The molecule has 0 saturated heterocycles. The molecule has 8 heteroatoms. The molecule has 1 fully saturated rings. The standard InChI is InChI=1S/C13H16F3N3O2/c1-12(2)4-3-8(6-12)18-9-5-11(13(14,15)16)17-7-10(9)19(20)21/h5,7-8H,3-4,6H2,1-2H3,(H,17,18). The van der Waals surface area contributed by atoms with Gasteiger partial charge < -0.3 is 5.32 Å². The zero-order valence-electron chi connectivity index (χ0n) is 11.7. The Balaban J connectivity index is 2.29. The van der Waals surface area contributed by atoms with E-state index in [4.69, 9.17) is 0 Å². The Kier molecular flexibility index (Phi) is 3.81. The lowest BCUT2D eigenvalue weighted by Crippen LogP contribution is -2.19. The first-order valence-corrected chi connectivity index (χ1v) is 6.57. The van der Waals surface area contributed by atoms with Crippen LogP contribution in [-0.4, -0.2) is 15.9 Å². The van der Waals surface area contributed by atoms with Gasteiger partial charge >= 0.3 is 11.9 Å². The van der Waals surface area contributed by atoms with Gasteiger partial charge in [0.1, 0.15) is 17.6 Å². The van der Waals surface area contributed by atoms with Crippen LogP contribution in [0.4, 0.5) is 24.5 Å². The van der Waals surface area contributed by atoms with Gasteiger partial charge in [-0.05, 0) is 30.7 Å². The van der Waals surface area contributed by atoms with Crippen LogP contribution in [0.5, 0.6) is 0 Å². The highest BCUT2D eigenvalue weighted by molar-refractivity contribution is 5.61. The second-order valence-corrected chi connectivity index (χ2v) is 6.09. The summed E-state index contributed by atoms with van der Waals surface area (Å²) in [7, 11) is 0. The summed E-state index contributed by atoms with van der Waals surface area (Å²) in [6.07, 6.45) is -1.51. The van der Waals surface area contributed by atoms with Crippen LogP contribution in [0, 0.1) is 15.5 Å². The summed E-state index contributed by atoms with van der Waals surface area (Å²) in [6.45, 7) is 4.13. The van der Waals surface area contributed by atoms with E-state index in [1.165, 1.54) is 0 Å². The zero-order chi connectivity index (χ0) is 15.8. The highest BCUT2D eigenvalue weighted by atomic mass is 19.4. The molecule has 5 nitrogen and oxygen atoms in total. The number of alkyl halides is 3. The van der Waals surface area contributed by atoms with Gasteiger partial charge in [0.25, 0.3) is 0 Å². The Morgan fingerprint density at radius 1 is 1.48 bits per heavy atom. The fourth-order valence-corrected chi connectivity index (χ4v) is 2.64. The van der Waals surface area contributed by atoms with Gasteiger partial charge in [0.15, 0.2) is 0 Å². The van der Waals surface area contributed by atoms with Crippen LogP contribution in [0.25, 0.3) is 0 Å². The minimum Gasteiger partial charge on any atom is -0.377 e. The third kappa shape index (κ3) is 3.62. The first-order chi connectivity index (χ1) is 9.58. The predicted molar refractivity (Wildman–Crippen MR) is 70.9 cm³/mol. The molecule has 1 atom stereocenters. The normalized spacial score (nSPS) is 21.3. The van der Waals surface area contributed by atoms with E-state index in [2.05, 4.69) is 24.1 Å². The fourth-order valence-electron chi connectivity index (χ4n) is 2.64. The van der Waals surface area contributed by atoms with Crippen molar-refractivity contribution in [3.8, 4) is 0 Å². The average Bonchev–Trinajstić information content (AvgIpc) is 2.67. The summed E-state index contributed by atoms with van der Waals surface area (Å²) < 4.78 is 38.0. The molecule has 1 N–H and O–H groups in total. The monoisotopic (exact) mass is 303 g/mol. The van der Waals surface area contributed by atoms with Crippen LogP contribution in [0.15, 0.2) is 12.3 Å². The summed E-state index contributed by atoms with van der Waals surface area (Å²) in [6, 6.07) is 0.644. The number of halogens is 3. The number of pyridine rings is 1. The van der Waals surface area contributed by atoms with Crippen molar-refractivity contribution < 1.29 is 18.1 Å². The third-order valence-electron chi connectivity index (χ3n) is 3.70. The van der Waals surface area contributed by atoms with E-state index in [1.807, 2.05) is 0 Å². The van der Waals surface area contributed by atoms with Gasteiger partial charge in [-0.25, -0.2) is 4.98 Å². The van der Waals surface area contributed by atoms with E-state index in [1.54, 1.807) is 0 Å². The summed E-state index contributed by atoms with van der Waals surface area (Å²) in [4.78, 5) is 13.3. The van der Waals surface area contributed by atoms with Crippen molar-refractivity contribution in [2.75, 3.05) is 5.32 Å². The second-order valence-electron chi connectivity index (χ2n) is 6.09. The lowest BCUT2D eigenvalue weighted by atomic mass is 9.92. The Morgan fingerprint density at radius 2 is 2.14 bits per heavy atom. The van der Waals surface area contributed by atoms with E-state index in [-0.39, 0.29) is 17.1 Å². The molecule has 0 aliphatic heterocycles. The fraction of sp³-hybridized carbons (Fsp3) is 0.615. The van der Waals surface area contributed by atoms with Crippen molar-refractivity contribution in [2.45, 2.75) is 45.3 Å². The summed E-state index contributed by atoms with van der Waals surface area (Å²) in [5, 5.41) is 13.8. The van der Waals surface area contributed by atoms with E-state index in [0.29, 0.717) is 12.3 Å². The second kappa shape index (κ2) is 5.16. The molecule has 0 spiro atoms. The van der Waals surface area contributed by atoms with Gasteiger partial charge in [0.2, 0.25) is 0 Å². The van der Waals surface area contributed by atoms with Gasteiger partial charge in [0, 0.05) is 6.04 Å². The maximum atomic E-state index is 12.7. The number of nitrogens with one attached hydrogen (secondary N) is 1. The molecular formula is C13H16F3N3O2. The third-order valence-corrected chi connectivity index (χ3v) is 3.70. The van der Waals surface area contributed by atoms with E-state index in [0.717, 1.165) is 19.3 Å². The molecule has 1 aliphatic carbocycles. The van der Waals surface area contributed by atoms with Crippen molar-refractivity contribution in [2.24, 2.45) is 5.41 Å². The summed E-state index contributed by atoms with van der Waals surface area (Å²) >= 11 is 0. The zero-order valence-corrected chi connectivity index (χ0v) is 11.7. The molecule has 1 heterocycles. The van der Waals surface area contributed by atoms with Crippen molar-refractivity contribution >= 4 is 11.4 Å². The maximum Gasteiger partial charge on any atom is 0.433 e. The first kappa shape index (κ1) is 15.5. The van der Waals surface area contributed by atoms with Crippen LogP contribution < -0.4 is 5.32 Å². The molecule has 2 rings (SSSR count). The molecule has 0 radical (unpaired) electrons. The Morgan fingerprint density at radius 3 is 2.62 bits per heavy atom. The molecule has 0 amide bonds. The number of nitro groups is 1. The largest absolute Gasteiger partial charge is 0.433 e. The number of aromatic nitrogens is 1. The number of anilines is 1. The lowest BCUT2D eigenvalue weighted by molar-refractivity contribution is -0.384. The van der Waals surface area contributed by atoms with Crippen molar-refractivity contribution in [3.63, 3.8) is 0 Å². The number of nitrogens with zero attached hydrogens (tertiary/aromatic N) is 2. The van der Waals surface area contributed by atoms with Crippen LogP contribution in [0.3, 0.4) is 0 Å². The van der Waals surface area contributed by atoms with E-state index >= 15 is 0 Å². The summed E-state index contributed by atoms with van der Waals surface area (Å²) in [5.41, 5.74) is -1.60. The van der Waals surface area contributed by atoms with Crippen LogP contribution in [-0.2, 0) is 6.18 Å². The molecule has 21 heavy (non-hydrogen) atoms. The van der Waals surface area contributed by atoms with E-state index < -0.39 is 22.5 Å². The Bertz CT molecular complexity index is 558. The number of hydrogen-bond acceptors (Lipinski definition) is 4. The van der Waals surface area contributed by atoms with Crippen LogP contribution >= 0.6 is 0 Å². The average molecular weight is 303 g/mol. The van der Waals surface area contributed by atoms with Gasteiger partial charge in [-0.15, -0.1) is 0 Å². The van der Waals surface area contributed by atoms with Crippen molar-refractivity contribution in [3.05, 3.63) is 28.1 Å². The molecule has 1 unspecified atom stereocenters. The Hall–Kier alpha value is -1.86.